The summed E-state index contributed by atoms with van der Waals surface area (Å²) in [5.41, 5.74) is 1.24. The van der Waals surface area contributed by atoms with E-state index in [0.29, 0.717) is 6.04 Å². The predicted octanol–water partition coefficient (Wildman–Crippen LogP) is 3.82. The van der Waals surface area contributed by atoms with E-state index in [1.165, 1.54) is 37.8 Å². The first kappa shape index (κ1) is 13.9. The third-order valence-electron chi connectivity index (χ3n) is 4.11. The van der Waals surface area contributed by atoms with Gasteiger partial charge in [0.2, 0.25) is 0 Å². The third kappa shape index (κ3) is 3.72. The predicted molar refractivity (Wildman–Crippen MR) is 83.6 cm³/mol. The first-order valence-electron chi connectivity index (χ1n) is 7.14. The molecule has 104 valence electrons. The van der Waals surface area contributed by atoms with Crippen LogP contribution in [0.3, 0.4) is 0 Å². The van der Waals surface area contributed by atoms with E-state index in [1.54, 1.807) is 0 Å². The molecule has 1 saturated carbocycles. The van der Waals surface area contributed by atoms with Gasteiger partial charge in [0.05, 0.1) is 0 Å². The molecule has 0 bridgehead atoms. The van der Waals surface area contributed by atoms with Crippen LogP contribution < -0.4 is 5.32 Å². The highest BCUT2D eigenvalue weighted by Gasteiger charge is 2.27. The van der Waals surface area contributed by atoms with Crippen molar-refractivity contribution in [2.45, 2.75) is 44.3 Å². The van der Waals surface area contributed by atoms with Gasteiger partial charge in [-0.1, -0.05) is 33.6 Å². The fourth-order valence-electron chi connectivity index (χ4n) is 2.79. The van der Waals surface area contributed by atoms with Gasteiger partial charge in [-0.15, -0.1) is 0 Å². The molecule has 0 radical (unpaired) electrons. The van der Waals surface area contributed by atoms with Crippen LogP contribution in [0.25, 0.3) is 0 Å². The van der Waals surface area contributed by atoms with Crippen LogP contribution in [0.15, 0.2) is 22.7 Å². The highest BCUT2D eigenvalue weighted by atomic mass is 79.9. The van der Waals surface area contributed by atoms with Crippen LogP contribution in [-0.2, 0) is 6.54 Å². The zero-order valence-electron chi connectivity index (χ0n) is 11.0. The molecular weight excluding hydrogens is 324 g/mol. The number of rotatable bonds is 5. The van der Waals surface area contributed by atoms with Crippen molar-refractivity contribution in [3.05, 3.63) is 33.3 Å². The third-order valence-corrected chi connectivity index (χ3v) is 4.95. The van der Waals surface area contributed by atoms with Gasteiger partial charge in [-0.25, -0.2) is 0 Å². The fourth-order valence-corrected chi connectivity index (χ4v) is 3.53. The van der Waals surface area contributed by atoms with E-state index in [0.717, 1.165) is 28.6 Å². The number of hydrogen-bond donors (Lipinski definition) is 1. The van der Waals surface area contributed by atoms with Gasteiger partial charge in [-0.3, -0.25) is 4.90 Å². The molecule has 2 nitrogen and oxygen atoms in total. The minimum atomic E-state index is 0.681. The lowest BCUT2D eigenvalue weighted by molar-refractivity contribution is 0.239. The summed E-state index contributed by atoms with van der Waals surface area (Å²) in [6.07, 6.45) is 5.36. The van der Waals surface area contributed by atoms with E-state index in [-0.39, 0.29) is 0 Å². The molecule has 4 heteroatoms. The number of nitrogens with zero attached hydrogens (tertiary/aromatic N) is 1. The van der Waals surface area contributed by atoms with Crippen LogP contribution >= 0.6 is 27.5 Å². The molecule has 1 aliphatic heterocycles. The highest BCUT2D eigenvalue weighted by Crippen LogP contribution is 2.26. The maximum absolute atomic E-state index is 6.32. The van der Waals surface area contributed by atoms with Crippen molar-refractivity contribution in [1.29, 1.82) is 0 Å². The second-order valence-corrected chi connectivity index (χ2v) is 7.01. The van der Waals surface area contributed by atoms with Gasteiger partial charge in [0.1, 0.15) is 0 Å². The van der Waals surface area contributed by atoms with E-state index >= 15 is 0 Å². The summed E-state index contributed by atoms with van der Waals surface area (Å²) in [6, 6.07) is 7.69. The van der Waals surface area contributed by atoms with Crippen molar-refractivity contribution < 1.29 is 0 Å². The van der Waals surface area contributed by atoms with E-state index < -0.39 is 0 Å². The maximum Gasteiger partial charge on any atom is 0.0462 e. The SMILES string of the molecule is Clc1cc(Br)ccc1CN1CCCC1CNC1CC1. The van der Waals surface area contributed by atoms with Gasteiger partial charge in [0, 0.05) is 34.7 Å². The molecule has 1 N–H and O–H groups in total. The Morgan fingerprint density at radius 3 is 2.89 bits per heavy atom. The largest absolute Gasteiger partial charge is 0.312 e. The van der Waals surface area contributed by atoms with Gasteiger partial charge in [-0.05, 0) is 49.9 Å². The molecule has 1 atom stereocenters. The molecule has 2 aliphatic rings. The molecule has 1 unspecified atom stereocenters. The molecule has 3 rings (SSSR count). The number of nitrogens with one attached hydrogen (secondary N) is 1. The standard InChI is InChI=1S/C15H20BrClN2/c16-12-4-3-11(15(17)8-12)10-19-7-1-2-14(19)9-18-13-5-6-13/h3-4,8,13-14,18H,1-2,5-7,9-10H2. The van der Waals surface area contributed by atoms with Gasteiger partial charge in [0.25, 0.3) is 0 Å². The zero-order valence-corrected chi connectivity index (χ0v) is 13.4. The van der Waals surface area contributed by atoms with E-state index in [9.17, 15) is 0 Å². The van der Waals surface area contributed by atoms with Crippen molar-refractivity contribution >= 4 is 27.5 Å². The normalized spacial score (nSPS) is 24.0. The summed E-state index contributed by atoms with van der Waals surface area (Å²) in [5, 5.41) is 4.53. The van der Waals surface area contributed by atoms with Crippen molar-refractivity contribution in [3.8, 4) is 0 Å². The Labute approximate surface area is 128 Å². The number of benzene rings is 1. The van der Waals surface area contributed by atoms with Crippen LogP contribution in [0, 0.1) is 0 Å². The average molecular weight is 344 g/mol. The summed E-state index contributed by atoms with van der Waals surface area (Å²) in [7, 11) is 0. The smallest absolute Gasteiger partial charge is 0.0462 e. The highest BCUT2D eigenvalue weighted by molar-refractivity contribution is 9.10. The Hall–Kier alpha value is -0.0900. The topological polar surface area (TPSA) is 15.3 Å². The molecule has 2 fully saturated rings. The summed E-state index contributed by atoms with van der Waals surface area (Å²) < 4.78 is 1.05. The van der Waals surface area contributed by atoms with Crippen LogP contribution in [0.2, 0.25) is 5.02 Å². The second kappa shape index (κ2) is 6.13. The first-order valence-corrected chi connectivity index (χ1v) is 8.31. The van der Waals surface area contributed by atoms with Crippen molar-refractivity contribution in [3.63, 3.8) is 0 Å². The summed E-state index contributed by atoms with van der Waals surface area (Å²) in [6.45, 7) is 3.31. The Bertz CT molecular complexity index is 448. The van der Waals surface area contributed by atoms with Crippen LogP contribution in [0.4, 0.5) is 0 Å². The van der Waals surface area contributed by atoms with Crippen molar-refractivity contribution in [1.82, 2.24) is 10.2 Å². The van der Waals surface area contributed by atoms with E-state index in [1.807, 2.05) is 6.07 Å². The fraction of sp³-hybridized carbons (Fsp3) is 0.600. The molecule has 1 aromatic carbocycles. The van der Waals surface area contributed by atoms with Gasteiger partial charge in [0.15, 0.2) is 0 Å². The van der Waals surface area contributed by atoms with Crippen molar-refractivity contribution in [2.75, 3.05) is 13.1 Å². The average Bonchev–Trinajstić information content (AvgIpc) is 3.11. The number of hydrogen-bond acceptors (Lipinski definition) is 2. The molecule has 0 spiro atoms. The van der Waals surface area contributed by atoms with Crippen molar-refractivity contribution in [2.24, 2.45) is 0 Å². The Morgan fingerprint density at radius 1 is 1.32 bits per heavy atom. The zero-order chi connectivity index (χ0) is 13.2. The lowest BCUT2D eigenvalue weighted by Gasteiger charge is -2.25. The lowest BCUT2D eigenvalue weighted by atomic mass is 10.2. The Balaban J connectivity index is 1.60. The Morgan fingerprint density at radius 2 is 2.16 bits per heavy atom. The monoisotopic (exact) mass is 342 g/mol. The van der Waals surface area contributed by atoms with E-state index in [2.05, 4.69) is 38.3 Å². The molecule has 1 saturated heterocycles. The second-order valence-electron chi connectivity index (χ2n) is 5.68. The molecule has 0 aromatic heterocycles. The minimum Gasteiger partial charge on any atom is -0.312 e. The molecule has 1 aromatic rings. The van der Waals surface area contributed by atoms with Gasteiger partial charge in [-0.2, -0.15) is 0 Å². The number of likely N-dealkylation sites (tertiary alicyclic amines) is 1. The Kier molecular flexibility index (Phi) is 4.47. The lowest BCUT2D eigenvalue weighted by Crippen LogP contribution is -2.38. The minimum absolute atomic E-state index is 0.681. The van der Waals surface area contributed by atoms with Crippen LogP contribution in [-0.4, -0.2) is 30.1 Å². The maximum atomic E-state index is 6.32. The molecular formula is C15H20BrClN2. The van der Waals surface area contributed by atoms with Gasteiger partial charge < -0.3 is 5.32 Å². The molecule has 19 heavy (non-hydrogen) atoms. The van der Waals surface area contributed by atoms with E-state index in [4.69, 9.17) is 11.6 Å². The van der Waals surface area contributed by atoms with Gasteiger partial charge >= 0.3 is 0 Å². The summed E-state index contributed by atoms with van der Waals surface area (Å²) >= 11 is 9.78. The molecule has 1 aliphatic carbocycles. The summed E-state index contributed by atoms with van der Waals surface area (Å²) in [4.78, 5) is 2.57. The molecule has 0 amide bonds. The molecule has 1 heterocycles. The summed E-state index contributed by atoms with van der Waals surface area (Å²) in [5.74, 6) is 0. The van der Waals surface area contributed by atoms with Crippen LogP contribution in [0.5, 0.6) is 0 Å². The number of halogens is 2. The van der Waals surface area contributed by atoms with Crippen LogP contribution in [0.1, 0.15) is 31.2 Å². The quantitative estimate of drug-likeness (QED) is 0.874. The first-order chi connectivity index (χ1) is 9.22.